The van der Waals surface area contributed by atoms with Gasteiger partial charge in [-0.2, -0.15) is 0 Å². The Morgan fingerprint density at radius 2 is 1.62 bits per heavy atom. The second-order valence-corrected chi connectivity index (χ2v) is 7.29. The minimum absolute atomic E-state index is 0.254. The summed E-state index contributed by atoms with van der Waals surface area (Å²) in [7, 11) is 0. The number of hydroxylamine groups is 1. The molecule has 0 spiro atoms. The summed E-state index contributed by atoms with van der Waals surface area (Å²) < 4.78 is 0. The summed E-state index contributed by atoms with van der Waals surface area (Å²) in [6.45, 7) is 1.96. The molecular weight excluding hydrogens is 366 g/mol. The molecule has 1 aromatic heterocycles. The molecule has 6 heteroatoms. The van der Waals surface area contributed by atoms with Gasteiger partial charge in [0.05, 0.1) is 17.4 Å². The van der Waals surface area contributed by atoms with E-state index in [0.29, 0.717) is 5.69 Å². The lowest BCUT2D eigenvalue weighted by atomic mass is 9.91. The third kappa shape index (κ3) is 2.80. The number of fused-ring (bicyclic) bond motifs is 1. The van der Waals surface area contributed by atoms with Crippen LogP contribution in [0.15, 0.2) is 79.1 Å². The molecule has 2 fully saturated rings. The molecule has 0 aliphatic carbocycles. The van der Waals surface area contributed by atoms with Crippen molar-refractivity contribution in [3.05, 3.63) is 90.3 Å². The van der Waals surface area contributed by atoms with Crippen molar-refractivity contribution in [1.29, 1.82) is 0 Å². The van der Waals surface area contributed by atoms with E-state index in [4.69, 9.17) is 4.84 Å². The van der Waals surface area contributed by atoms with Gasteiger partial charge in [-0.3, -0.25) is 19.4 Å². The summed E-state index contributed by atoms with van der Waals surface area (Å²) in [4.78, 5) is 38.1. The summed E-state index contributed by atoms with van der Waals surface area (Å²) in [6, 6.07) is 20.2. The van der Waals surface area contributed by atoms with Gasteiger partial charge in [-0.1, -0.05) is 42.0 Å². The molecule has 0 N–H and O–H groups in total. The third-order valence-electron chi connectivity index (χ3n) is 5.44. The molecule has 6 nitrogen and oxygen atoms in total. The number of pyridine rings is 1. The minimum Gasteiger partial charge on any atom is -0.273 e. The standard InChI is InChI=1S/C23H19N3O3/c1-15-9-11-17(12-10-15)25-22(27)19-20(16-6-5-13-24-14-16)26(29-21(19)23(25)28)18-7-3-2-4-8-18/h2-14,19-21H,1H3. The first-order valence-electron chi connectivity index (χ1n) is 9.50. The van der Waals surface area contributed by atoms with Gasteiger partial charge in [0, 0.05) is 12.4 Å². The maximum Gasteiger partial charge on any atom is 0.266 e. The highest BCUT2D eigenvalue weighted by Crippen LogP contribution is 2.47. The smallest absolute Gasteiger partial charge is 0.266 e. The molecule has 5 rings (SSSR count). The molecule has 0 radical (unpaired) electrons. The molecule has 0 saturated carbocycles. The van der Waals surface area contributed by atoms with Crippen LogP contribution >= 0.6 is 0 Å². The molecule has 3 atom stereocenters. The quantitative estimate of drug-likeness (QED) is 0.647. The molecule has 144 valence electrons. The molecule has 3 heterocycles. The molecule has 2 saturated heterocycles. The average Bonchev–Trinajstić information content (AvgIpc) is 3.27. The van der Waals surface area contributed by atoms with E-state index >= 15 is 0 Å². The zero-order chi connectivity index (χ0) is 20.0. The Balaban J connectivity index is 1.58. The number of imide groups is 1. The maximum absolute atomic E-state index is 13.4. The monoisotopic (exact) mass is 385 g/mol. The van der Waals surface area contributed by atoms with Crippen molar-refractivity contribution in [1.82, 2.24) is 4.98 Å². The fourth-order valence-corrected chi connectivity index (χ4v) is 4.05. The lowest BCUT2D eigenvalue weighted by Crippen LogP contribution is -2.37. The number of para-hydroxylation sites is 1. The third-order valence-corrected chi connectivity index (χ3v) is 5.44. The van der Waals surface area contributed by atoms with Crippen LogP contribution in [-0.4, -0.2) is 22.9 Å². The van der Waals surface area contributed by atoms with Gasteiger partial charge in [-0.05, 0) is 42.8 Å². The van der Waals surface area contributed by atoms with Gasteiger partial charge in [0.2, 0.25) is 5.91 Å². The van der Waals surface area contributed by atoms with Gasteiger partial charge in [0.1, 0.15) is 5.92 Å². The van der Waals surface area contributed by atoms with Crippen LogP contribution < -0.4 is 9.96 Å². The van der Waals surface area contributed by atoms with E-state index in [1.165, 1.54) is 4.90 Å². The number of aromatic nitrogens is 1. The van der Waals surface area contributed by atoms with Crippen molar-refractivity contribution in [2.75, 3.05) is 9.96 Å². The normalized spacial score (nSPS) is 23.6. The molecule has 2 aliphatic rings. The van der Waals surface area contributed by atoms with Crippen molar-refractivity contribution in [2.24, 2.45) is 5.92 Å². The first-order chi connectivity index (χ1) is 14.1. The molecule has 2 aliphatic heterocycles. The number of amides is 2. The predicted molar refractivity (Wildman–Crippen MR) is 108 cm³/mol. The fraction of sp³-hybridized carbons (Fsp3) is 0.174. The lowest BCUT2D eigenvalue weighted by molar-refractivity contribution is -0.126. The van der Waals surface area contributed by atoms with Crippen molar-refractivity contribution in [3.8, 4) is 0 Å². The zero-order valence-electron chi connectivity index (χ0n) is 15.8. The summed E-state index contributed by atoms with van der Waals surface area (Å²) in [5, 5.41) is 1.68. The highest BCUT2D eigenvalue weighted by atomic mass is 16.7. The molecule has 2 amide bonds. The van der Waals surface area contributed by atoms with E-state index < -0.39 is 18.1 Å². The number of nitrogens with zero attached hydrogens (tertiary/aromatic N) is 3. The van der Waals surface area contributed by atoms with Crippen LogP contribution in [0.4, 0.5) is 11.4 Å². The van der Waals surface area contributed by atoms with Crippen LogP contribution in [0.5, 0.6) is 0 Å². The lowest BCUT2D eigenvalue weighted by Gasteiger charge is -2.28. The summed E-state index contributed by atoms with van der Waals surface area (Å²) in [6.07, 6.45) is 2.54. The van der Waals surface area contributed by atoms with Gasteiger partial charge < -0.3 is 0 Å². The fourth-order valence-electron chi connectivity index (χ4n) is 4.05. The minimum atomic E-state index is -0.866. The molecule has 2 aromatic carbocycles. The number of hydrogen-bond acceptors (Lipinski definition) is 5. The Morgan fingerprint density at radius 3 is 2.31 bits per heavy atom. The Labute approximate surface area is 168 Å². The predicted octanol–water partition coefficient (Wildman–Crippen LogP) is 3.44. The van der Waals surface area contributed by atoms with Crippen LogP contribution in [0.2, 0.25) is 0 Å². The van der Waals surface area contributed by atoms with Crippen LogP contribution in [0.25, 0.3) is 0 Å². The number of carbonyl (C=O) groups is 2. The van der Waals surface area contributed by atoms with Crippen molar-refractivity contribution >= 4 is 23.2 Å². The molecular formula is C23H19N3O3. The van der Waals surface area contributed by atoms with E-state index in [1.54, 1.807) is 29.6 Å². The number of rotatable bonds is 3. The Kier molecular flexibility index (Phi) is 4.14. The average molecular weight is 385 g/mol. The number of benzene rings is 2. The SMILES string of the molecule is Cc1ccc(N2C(=O)C3ON(c4ccccc4)C(c4cccnc4)C3C2=O)cc1. The number of carbonyl (C=O) groups excluding carboxylic acids is 2. The van der Waals surface area contributed by atoms with Crippen molar-refractivity contribution in [2.45, 2.75) is 19.1 Å². The van der Waals surface area contributed by atoms with E-state index in [0.717, 1.165) is 16.8 Å². The summed E-state index contributed by atoms with van der Waals surface area (Å²) in [5.41, 5.74) is 3.25. The maximum atomic E-state index is 13.4. The highest BCUT2D eigenvalue weighted by molar-refractivity contribution is 6.23. The highest BCUT2D eigenvalue weighted by Gasteiger charge is 2.60. The van der Waals surface area contributed by atoms with E-state index in [1.807, 2.05) is 61.5 Å². The number of anilines is 2. The van der Waals surface area contributed by atoms with Crippen LogP contribution in [-0.2, 0) is 14.4 Å². The Bertz CT molecular complexity index is 1050. The van der Waals surface area contributed by atoms with Crippen LogP contribution in [0, 0.1) is 12.8 Å². The molecule has 3 aromatic rings. The number of hydrogen-bond donors (Lipinski definition) is 0. The first-order valence-corrected chi connectivity index (χ1v) is 9.50. The van der Waals surface area contributed by atoms with E-state index in [9.17, 15) is 9.59 Å². The second-order valence-electron chi connectivity index (χ2n) is 7.29. The molecule has 3 unspecified atom stereocenters. The second kappa shape index (κ2) is 6.83. The van der Waals surface area contributed by atoms with Crippen LogP contribution in [0.1, 0.15) is 17.2 Å². The van der Waals surface area contributed by atoms with Crippen molar-refractivity contribution in [3.63, 3.8) is 0 Å². The Hall–Kier alpha value is -3.51. The first kappa shape index (κ1) is 17.6. The number of aryl methyl sites for hydroxylation is 1. The summed E-state index contributed by atoms with van der Waals surface area (Å²) >= 11 is 0. The largest absolute Gasteiger partial charge is 0.273 e. The topological polar surface area (TPSA) is 62.7 Å². The summed E-state index contributed by atoms with van der Waals surface area (Å²) in [5.74, 6) is -1.24. The van der Waals surface area contributed by atoms with E-state index in [-0.39, 0.29) is 11.8 Å². The van der Waals surface area contributed by atoms with Gasteiger partial charge in [0.25, 0.3) is 5.91 Å². The Morgan fingerprint density at radius 1 is 0.862 bits per heavy atom. The zero-order valence-corrected chi connectivity index (χ0v) is 15.8. The van der Waals surface area contributed by atoms with E-state index in [2.05, 4.69) is 4.98 Å². The molecule has 29 heavy (non-hydrogen) atoms. The molecule has 0 bridgehead atoms. The van der Waals surface area contributed by atoms with Crippen molar-refractivity contribution < 1.29 is 14.4 Å². The van der Waals surface area contributed by atoms with Gasteiger partial charge in [-0.25, -0.2) is 9.96 Å². The van der Waals surface area contributed by atoms with Gasteiger partial charge >= 0.3 is 0 Å². The van der Waals surface area contributed by atoms with Gasteiger partial charge in [0.15, 0.2) is 6.10 Å². The van der Waals surface area contributed by atoms with Crippen LogP contribution in [0.3, 0.4) is 0 Å². The van der Waals surface area contributed by atoms with Gasteiger partial charge in [-0.15, -0.1) is 0 Å².